The first-order valence-corrected chi connectivity index (χ1v) is 21.3. The maximum absolute atomic E-state index is 16.1. The van der Waals surface area contributed by atoms with E-state index in [9.17, 15) is 0 Å². The van der Waals surface area contributed by atoms with Crippen molar-refractivity contribution in [3.8, 4) is 5.75 Å². The molecule has 3 atom stereocenters. The van der Waals surface area contributed by atoms with Gasteiger partial charge in [-0.15, -0.1) is 0 Å². The van der Waals surface area contributed by atoms with Crippen molar-refractivity contribution in [1.82, 2.24) is 29.8 Å². The molecule has 5 heterocycles. The van der Waals surface area contributed by atoms with Crippen molar-refractivity contribution in [3.63, 3.8) is 0 Å². The van der Waals surface area contributed by atoms with Crippen molar-refractivity contribution >= 4 is 32.5 Å². The molecule has 2 aromatic carbocycles. The lowest BCUT2D eigenvalue weighted by molar-refractivity contribution is 0.0642. The van der Waals surface area contributed by atoms with Gasteiger partial charge in [-0.1, -0.05) is 43.9 Å². The number of piperidine rings is 1. The second-order valence-electron chi connectivity index (χ2n) is 16.8. The van der Waals surface area contributed by atoms with Gasteiger partial charge in [-0.3, -0.25) is 4.90 Å². The number of para-hydroxylation sites is 1. The van der Waals surface area contributed by atoms with Gasteiger partial charge in [0.2, 0.25) is 0 Å². The van der Waals surface area contributed by atoms with Crippen molar-refractivity contribution in [3.05, 3.63) is 92.5 Å². The zero-order chi connectivity index (χ0) is 38.3. The van der Waals surface area contributed by atoms with E-state index in [-0.39, 0.29) is 23.9 Å². The van der Waals surface area contributed by atoms with Crippen LogP contribution in [0.3, 0.4) is 0 Å². The van der Waals surface area contributed by atoms with Crippen LogP contribution in [0.2, 0.25) is 0 Å². The van der Waals surface area contributed by atoms with E-state index in [0.29, 0.717) is 24.9 Å². The van der Waals surface area contributed by atoms with E-state index < -0.39 is 23.3 Å². The van der Waals surface area contributed by atoms with Crippen LogP contribution in [0.4, 0.5) is 13.2 Å². The van der Waals surface area contributed by atoms with E-state index in [2.05, 4.69) is 36.9 Å². The lowest BCUT2D eigenvalue weighted by atomic mass is 9.87. The minimum atomic E-state index is -1.56. The molecule has 0 spiro atoms. The second kappa shape index (κ2) is 16.2. The highest BCUT2D eigenvalue weighted by Gasteiger charge is 2.41. The number of aromatic nitrogens is 4. The second-order valence-corrected chi connectivity index (χ2v) is 17.6. The molecule has 3 aliphatic rings. The van der Waals surface area contributed by atoms with Crippen molar-refractivity contribution in [1.29, 1.82) is 0 Å². The lowest BCUT2D eigenvalue weighted by Gasteiger charge is -2.43. The van der Waals surface area contributed by atoms with Crippen LogP contribution < -0.4 is 10.1 Å². The number of aromatic amines is 1. The Morgan fingerprint density at radius 1 is 0.982 bits per heavy atom. The Morgan fingerprint density at radius 2 is 1.73 bits per heavy atom. The quantitative estimate of drug-likeness (QED) is 0.116. The number of aryl methyl sites for hydroxylation is 1. The van der Waals surface area contributed by atoms with Crippen LogP contribution in [0.25, 0.3) is 16.6 Å². The molecular formula is C44H54BrF3N6O. The average molecular weight is 820 g/mol. The SMILES string of the molecule is C[C@@H]1Cc2c([nH]c3ccccc23)[C@@H](c2c(F)cc(OCCCCCCc3c(Br)c(C4CCCNC4)nc4c(C5CCCC5)cnn34)cc2F)N1CC(C)(C)F. The Bertz CT molecular complexity index is 2110. The summed E-state index contributed by atoms with van der Waals surface area (Å²) in [5.74, 6) is -0.277. The average Bonchev–Trinajstić information content (AvgIpc) is 3.92. The van der Waals surface area contributed by atoms with Crippen LogP contribution in [0, 0.1) is 11.6 Å². The number of ether oxygens (including phenoxy) is 1. The molecular weight excluding hydrogens is 765 g/mol. The zero-order valence-corrected chi connectivity index (χ0v) is 34.0. The molecule has 0 radical (unpaired) electrons. The standard InChI is InChI=1S/C44H54BrF3N6O/c1-27-21-32-31-16-9-10-17-36(31)51-41(32)42(53(27)26-44(2,3)48)38-34(46)22-30(23-35(38)47)55-20-11-5-4-6-18-37-39(45)40(29-15-12-19-49-24-29)52-43-33(25-50-54(37)43)28-13-7-8-14-28/h9-10,16-17,22-23,25,27-29,42,49,51H,4-8,11-15,18-21,24,26H2,1-3H3/t27-,29?,42-/m1/s1. The number of unbranched alkanes of at least 4 members (excludes halogenated alkanes) is 3. The zero-order valence-electron chi connectivity index (χ0n) is 32.4. The number of nitrogens with one attached hydrogen (secondary N) is 2. The highest BCUT2D eigenvalue weighted by atomic mass is 79.9. The Hall–Kier alpha value is -3.41. The van der Waals surface area contributed by atoms with Gasteiger partial charge in [0.05, 0.1) is 34.7 Å². The fourth-order valence-corrected chi connectivity index (χ4v) is 10.3. The Morgan fingerprint density at radius 3 is 2.47 bits per heavy atom. The first kappa shape index (κ1) is 38.5. The Balaban J connectivity index is 0.925. The van der Waals surface area contributed by atoms with E-state index in [4.69, 9.17) is 14.8 Å². The van der Waals surface area contributed by atoms with Crippen LogP contribution >= 0.6 is 15.9 Å². The summed E-state index contributed by atoms with van der Waals surface area (Å²) in [6.45, 7) is 7.43. The largest absolute Gasteiger partial charge is 0.493 e. The molecule has 7 nitrogen and oxygen atoms in total. The van der Waals surface area contributed by atoms with E-state index >= 15 is 13.2 Å². The van der Waals surface area contributed by atoms with Gasteiger partial charge in [0.25, 0.3) is 0 Å². The number of benzene rings is 2. The molecule has 1 aliphatic carbocycles. The van der Waals surface area contributed by atoms with Crippen LogP contribution in [0.15, 0.2) is 47.1 Å². The predicted octanol–water partition coefficient (Wildman–Crippen LogP) is 10.6. The van der Waals surface area contributed by atoms with Crippen LogP contribution in [-0.2, 0) is 12.8 Å². The molecule has 11 heteroatoms. The predicted molar refractivity (Wildman–Crippen MR) is 216 cm³/mol. The molecule has 3 aromatic heterocycles. The fourth-order valence-electron chi connectivity index (χ4n) is 9.51. The normalized spacial score (nSPS) is 21.2. The number of hydrogen-bond donors (Lipinski definition) is 2. The monoisotopic (exact) mass is 818 g/mol. The van der Waals surface area contributed by atoms with Crippen molar-refractivity contribution in [2.45, 2.75) is 127 Å². The van der Waals surface area contributed by atoms with E-state index in [0.717, 1.165) is 96.0 Å². The van der Waals surface area contributed by atoms with E-state index in [1.165, 1.54) is 62.9 Å². The van der Waals surface area contributed by atoms with Gasteiger partial charge in [-0.05, 0) is 112 Å². The molecule has 1 unspecified atom stereocenters. The van der Waals surface area contributed by atoms with Gasteiger partial charge in [0.15, 0.2) is 5.65 Å². The molecule has 0 bridgehead atoms. The summed E-state index contributed by atoms with van der Waals surface area (Å²) >= 11 is 3.97. The number of rotatable bonds is 13. The molecule has 8 rings (SSSR count). The van der Waals surface area contributed by atoms with Crippen molar-refractivity contribution in [2.24, 2.45) is 0 Å². The highest BCUT2D eigenvalue weighted by Crippen LogP contribution is 2.44. The molecule has 1 saturated carbocycles. The maximum atomic E-state index is 16.1. The first-order valence-electron chi connectivity index (χ1n) is 20.5. The van der Waals surface area contributed by atoms with Gasteiger partial charge < -0.3 is 15.0 Å². The number of nitrogens with zero attached hydrogens (tertiary/aromatic N) is 4. The molecule has 2 fully saturated rings. The molecule has 294 valence electrons. The van der Waals surface area contributed by atoms with Gasteiger partial charge in [0, 0.05) is 64.9 Å². The molecule has 1 saturated heterocycles. The molecule has 5 aromatic rings. The Kier molecular flexibility index (Phi) is 11.3. The minimum absolute atomic E-state index is 0.0381. The summed E-state index contributed by atoms with van der Waals surface area (Å²) in [7, 11) is 0. The van der Waals surface area contributed by atoms with Crippen LogP contribution in [0.1, 0.15) is 137 Å². The van der Waals surface area contributed by atoms with E-state index in [1.54, 1.807) is 0 Å². The van der Waals surface area contributed by atoms with Gasteiger partial charge >= 0.3 is 0 Å². The molecule has 55 heavy (non-hydrogen) atoms. The van der Waals surface area contributed by atoms with E-state index in [1.807, 2.05) is 36.1 Å². The molecule has 0 amide bonds. The number of alkyl halides is 1. The highest BCUT2D eigenvalue weighted by molar-refractivity contribution is 9.10. The first-order chi connectivity index (χ1) is 26.6. The number of hydrogen-bond acceptors (Lipinski definition) is 5. The summed E-state index contributed by atoms with van der Waals surface area (Å²) in [5, 5.41) is 9.47. The van der Waals surface area contributed by atoms with Gasteiger partial charge in [-0.2, -0.15) is 5.10 Å². The number of H-pyrrole nitrogens is 1. The molecule has 2 aliphatic heterocycles. The maximum Gasteiger partial charge on any atom is 0.159 e. The fraction of sp³-hybridized carbons (Fsp3) is 0.545. The summed E-state index contributed by atoms with van der Waals surface area (Å²) in [6.07, 6.45) is 14.5. The number of halogens is 4. The van der Waals surface area contributed by atoms with Gasteiger partial charge in [-0.25, -0.2) is 22.7 Å². The van der Waals surface area contributed by atoms with Gasteiger partial charge in [0.1, 0.15) is 23.1 Å². The summed E-state index contributed by atoms with van der Waals surface area (Å²) in [4.78, 5) is 10.6. The van der Waals surface area contributed by atoms with Crippen molar-refractivity contribution in [2.75, 3.05) is 26.2 Å². The summed E-state index contributed by atoms with van der Waals surface area (Å²) in [6, 6.07) is 9.55. The van der Waals surface area contributed by atoms with Crippen molar-refractivity contribution < 1.29 is 17.9 Å². The van der Waals surface area contributed by atoms with Crippen LogP contribution in [0.5, 0.6) is 5.75 Å². The topological polar surface area (TPSA) is 70.5 Å². The third-order valence-corrected chi connectivity index (χ3v) is 13.1. The number of fused-ring (bicyclic) bond motifs is 4. The third kappa shape index (κ3) is 7.95. The summed E-state index contributed by atoms with van der Waals surface area (Å²) < 4.78 is 56.5. The minimum Gasteiger partial charge on any atom is -0.493 e. The molecule has 2 N–H and O–H groups in total. The Labute approximate surface area is 330 Å². The third-order valence-electron chi connectivity index (χ3n) is 12.2. The summed E-state index contributed by atoms with van der Waals surface area (Å²) in [5.41, 5.74) is 5.70. The lowest BCUT2D eigenvalue weighted by Crippen LogP contribution is -2.48. The van der Waals surface area contributed by atoms with Crippen LogP contribution in [-0.4, -0.2) is 62.4 Å². The smallest absolute Gasteiger partial charge is 0.159 e.